The zero-order valence-electron chi connectivity index (χ0n) is 20.4. The maximum absolute atomic E-state index is 13.6. The predicted molar refractivity (Wildman–Crippen MR) is 138 cm³/mol. The fraction of sp³-hybridized carbons (Fsp3) is 0.375. The van der Waals surface area contributed by atoms with Crippen molar-refractivity contribution in [1.82, 2.24) is 20.0 Å². The van der Waals surface area contributed by atoms with Crippen molar-refractivity contribution in [2.45, 2.75) is 37.6 Å². The summed E-state index contributed by atoms with van der Waals surface area (Å²) in [6.07, 6.45) is 2.86. The van der Waals surface area contributed by atoms with Gasteiger partial charge in [-0.3, -0.25) is 9.32 Å². The molecule has 1 spiro atoms. The van der Waals surface area contributed by atoms with E-state index >= 15 is 0 Å². The van der Waals surface area contributed by atoms with Crippen LogP contribution in [0.15, 0.2) is 47.1 Å². The number of hydrogen-bond donors (Lipinski definition) is 3. The van der Waals surface area contributed by atoms with Gasteiger partial charge < -0.3 is 29.5 Å². The summed E-state index contributed by atoms with van der Waals surface area (Å²) >= 11 is 3.51. The lowest BCUT2D eigenvalue weighted by Crippen LogP contribution is -2.53. The van der Waals surface area contributed by atoms with Gasteiger partial charge in [0.1, 0.15) is 16.9 Å². The molecule has 38 heavy (non-hydrogen) atoms. The van der Waals surface area contributed by atoms with Gasteiger partial charge in [-0.1, -0.05) is 28.1 Å². The van der Waals surface area contributed by atoms with E-state index in [4.69, 9.17) is 19.3 Å². The molecule has 3 N–H and O–H groups in total. The number of carbonyl (C=O) groups is 2. The van der Waals surface area contributed by atoms with Gasteiger partial charge in [0.15, 0.2) is 6.73 Å². The number of ether oxygens (including phenoxy) is 2. The van der Waals surface area contributed by atoms with Gasteiger partial charge in [-0.25, -0.2) is 14.0 Å². The Bertz CT molecular complexity index is 1430. The Kier molecular flexibility index (Phi) is 7.23. The van der Waals surface area contributed by atoms with Crippen molar-refractivity contribution in [2.24, 2.45) is 0 Å². The summed E-state index contributed by atoms with van der Waals surface area (Å²) in [5.41, 5.74) is 0.968. The van der Waals surface area contributed by atoms with Crippen LogP contribution in [0.3, 0.4) is 0 Å². The molecule has 1 fully saturated rings. The van der Waals surface area contributed by atoms with Crippen molar-refractivity contribution in [3.05, 3.63) is 58.2 Å². The molecule has 12 nitrogen and oxygen atoms in total. The van der Waals surface area contributed by atoms with Crippen LogP contribution in [-0.4, -0.2) is 62.3 Å². The van der Waals surface area contributed by atoms with Crippen molar-refractivity contribution >= 4 is 46.7 Å². The second-order valence-corrected chi connectivity index (χ2v) is 11.5. The zero-order valence-corrected chi connectivity index (χ0v) is 22.9. The number of nitrogens with zero attached hydrogens (tertiary/aromatic N) is 3. The Balaban J connectivity index is 1.40. The number of aromatic nitrogens is 2. The summed E-state index contributed by atoms with van der Waals surface area (Å²) in [4.78, 5) is 45.2. The van der Waals surface area contributed by atoms with Crippen molar-refractivity contribution in [2.75, 3.05) is 20.2 Å². The number of hydrogen-bond acceptors (Lipinski definition) is 7. The van der Waals surface area contributed by atoms with Crippen LogP contribution >= 0.6 is 23.8 Å². The van der Waals surface area contributed by atoms with E-state index in [0.29, 0.717) is 54.6 Å². The van der Waals surface area contributed by atoms with Crippen molar-refractivity contribution in [3.63, 3.8) is 0 Å². The van der Waals surface area contributed by atoms with Gasteiger partial charge in [0.25, 0.3) is 5.91 Å². The summed E-state index contributed by atoms with van der Waals surface area (Å²) in [7, 11) is -3.32. The van der Waals surface area contributed by atoms with Crippen LogP contribution in [0.4, 0.5) is 4.79 Å². The first-order valence-corrected chi connectivity index (χ1v) is 14.2. The number of likely N-dealkylation sites (tertiary alicyclic amines) is 1. The molecule has 0 radical (unpaired) electrons. The summed E-state index contributed by atoms with van der Waals surface area (Å²) in [5.74, 6) is 0.324. The molecule has 3 aromatic rings. The third-order valence-corrected chi connectivity index (χ3v) is 7.79. The standard InChI is InChI=1S/C24H26BrN4O8P/c1-35-23(31)28-9-7-24(8-10-28)12-19(18-11-16(25)5-6-20(18)37-24)26-22(30)17-4-2-3-15-13-29(27-21(15)17)14-36-38(32,33)34/h2-6,11,13,19H,7-10,12,14H2,1H3,(H,26,30)(H2,32,33,34)/t19-/m0/s1. The molecule has 2 aliphatic rings. The van der Waals surface area contributed by atoms with Crippen LogP contribution in [0.1, 0.15) is 41.2 Å². The minimum Gasteiger partial charge on any atom is -0.487 e. The summed E-state index contributed by atoms with van der Waals surface area (Å²) < 4.78 is 29.0. The molecular formula is C24H26BrN4O8P. The third kappa shape index (κ3) is 5.57. The first-order valence-electron chi connectivity index (χ1n) is 11.8. The van der Waals surface area contributed by atoms with E-state index in [9.17, 15) is 14.2 Å². The molecule has 0 bridgehead atoms. The minimum absolute atomic E-state index is 0.315. The molecular weight excluding hydrogens is 583 g/mol. The molecule has 2 aliphatic heterocycles. The monoisotopic (exact) mass is 608 g/mol. The number of rotatable bonds is 5. The van der Waals surface area contributed by atoms with Crippen LogP contribution in [0.2, 0.25) is 0 Å². The number of phosphoric acid groups is 1. The number of amides is 2. The maximum atomic E-state index is 13.6. The number of nitrogens with one attached hydrogen (secondary N) is 1. The van der Waals surface area contributed by atoms with Crippen LogP contribution in [0.5, 0.6) is 5.75 Å². The number of phosphoric ester groups is 1. The normalized spacial score (nSPS) is 18.6. The lowest BCUT2D eigenvalue weighted by atomic mass is 9.80. The Morgan fingerprint density at radius 3 is 2.74 bits per heavy atom. The number of carbonyl (C=O) groups excluding carboxylic acids is 2. The van der Waals surface area contributed by atoms with E-state index in [-0.39, 0.29) is 18.0 Å². The quantitative estimate of drug-likeness (QED) is 0.368. The number of methoxy groups -OCH3 is 1. The molecule has 14 heteroatoms. The van der Waals surface area contributed by atoms with Gasteiger partial charge in [0.05, 0.1) is 18.7 Å². The molecule has 3 heterocycles. The van der Waals surface area contributed by atoms with Crippen molar-refractivity contribution < 1.29 is 37.9 Å². The lowest BCUT2D eigenvalue weighted by Gasteiger charge is -2.46. The Labute approximate surface area is 226 Å². The van der Waals surface area contributed by atoms with E-state index < -0.39 is 20.2 Å². The smallest absolute Gasteiger partial charge is 0.471 e. The Morgan fingerprint density at radius 1 is 1.26 bits per heavy atom. The molecule has 1 saturated heterocycles. The SMILES string of the molecule is COC(=O)N1CCC2(CC1)C[C@H](NC(=O)c1cccc3cn(COP(=O)(O)O)nc13)c1cc(Br)ccc1O2. The lowest BCUT2D eigenvalue weighted by molar-refractivity contribution is -0.0221. The van der Waals surface area contributed by atoms with Crippen LogP contribution in [0, 0.1) is 0 Å². The number of halogens is 1. The topological polar surface area (TPSA) is 152 Å². The molecule has 2 aromatic carbocycles. The van der Waals surface area contributed by atoms with E-state index in [0.717, 1.165) is 10.0 Å². The van der Waals surface area contributed by atoms with E-state index in [1.165, 1.54) is 11.8 Å². The molecule has 0 unspecified atom stereocenters. The van der Waals surface area contributed by atoms with Crippen LogP contribution in [-0.2, 0) is 20.6 Å². The van der Waals surface area contributed by atoms with Crippen molar-refractivity contribution in [3.8, 4) is 5.75 Å². The number of piperidine rings is 1. The molecule has 2 amide bonds. The van der Waals surface area contributed by atoms with Gasteiger partial charge in [-0.15, -0.1) is 0 Å². The van der Waals surface area contributed by atoms with Gasteiger partial charge in [-0.05, 0) is 24.3 Å². The average molecular weight is 609 g/mol. The zero-order chi connectivity index (χ0) is 27.1. The average Bonchev–Trinajstić information content (AvgIpc) is 3.31. The second-order valence-electron chi connectivity index (χ2n) is 9.32. The van der Waals surface area contributed by atoms with Crippen LogP contribution in [0.25, 0.3) is 10.9 Å². The first kappa shape index (κ1) is 26.6. The summed E-state index contributed by atoms with van der Waals surface area (Å²) in [5, 5.41) is 8.07. The third-order valence-electron chi connectivity index (χ3n) is 6.85. The molecule has 202 valence electrons. The molecule has 0 aliphatic carbocycles. The highest BCUT2D eigenvalue weighted by atomic mass is 79.9. The van der Waals surface area contributed by atoms with Crippen LogP contribution < -0.4 is 10.1 Å². The Hall–Kier alpha value is -2.96. The van der Waals surface area contributed by atoms with E-state index in [1.54, 1.807) is 29.3 Å². The highest BCUT2D eigenvalue weighted by Gasteiger charge is 2.44. The first-order chi connectivity index (χ1) is 18.1. The maximum Gasteiger partial charge on any atom is 0.471 e. The molecule has 1 aromatic heterocycles. The Morgan fingerprint density at radius 2 is 2.03 bits per heavy atom. The van der Waals surface area contributed by atoms with Gasteiger partial charge in [-0.2, -0.15) is 5.10 Å². The minimum atomic E-state index is -4.68. The number of benzene rings is 2. The predicted octanol–water partition coefficient (Wildman–Crippen LogP) is 3.72. The molecule has 0 saturated carbocycles. The summed E-state index contributed by atoms with van der Waals surface area (Å²) in [6.45, 7) is 0.492. The van der Waals surface area contributed by atoms with Gasteiger partial charge in [0.2, 0.25) is 0 Å². The summed E-state index contributed by atoms with van der Waals surface area (Å²) in [6, 6.07) is 10.4. The highest BCUT2D eigenvalue weighted by molar-refractivity contribution is 9.10. The fourth-order valence-electron chi connectivity index (χ4n) is 5.02. The largest absolute Gasteiger partial charge is 0.487 e. The fourth-order valence-corrected chi connectivity index (χ4v) is 5.66. The second kappa shape index (κ2) is 10.3. The van der Waals surface area contributed by atoms with Gasteiger partial charge in [0, 0.05) is 54.0 Å². The van der Waals surface area contributed by atoms with E-state index in [2.05, 4.69) is 30.9 Å². The number of fused-ring (bicyclic) bond motifs is 2. The van der Waals surface area contributed by atoms with Gasteiger partial charge >= 0.3 is 13.9 Å². The van der Waals surface area contributed by atoms with Crippen molar-refractivity contribution in [1.29, 1.82) is 0 Å². The molecule has 5 rings (SSSR count). The molecule has 1 atom stereocenters. The van der Waals surface area contributed by atoms with E-state index in [1.807, 2.05) is 18.2 Å². The highest BCUT2D eigenvalue weighted by Crippen LogP contribution is 2.45.